The van der Waals surface area contributed by atoms with Crippen LogP contribution in [0.1, 0.15) is 79.1 Å². The molecule has 26 heavy (non-hydrogen) atoms. The van der Waals surface area contributed by atoms with Crippen molar-refractivity contribution >= 4 is 5.91 Å². The van der Waals surface area contributed by atoms with Gasteiger partial charge in [0.15, 0.2) is 0 Å². The molecule has 0 aromatic carbocycles. The highest BCUT2D eigenvalue weighted by molar-refractivity contribution is 5.77. The van der Waals surface area contributed by atoms with Crippen molar-refractivity contribution in [2.24, 2.45) is 34.5 Å². The van der Waals surface area contributed by atoms with E-state index in [-0.39, 0.29) is 0 Å². The van der Waals surface area contributed by atoms with Gasteiger partial charge in [0.2, 0.25) is 5.91 Å². The second kappa shape index (κ2) is 6.50. The van der Waals surface area contributed by atoms with Gasteiger partial charge in [0.05, 0.1) is 6.10 Å². The lowest BCUT2D eigenvalue weighted by molar-refractivity contribution is -0.171. The van der Waals surface area contributed by atoms with E-state index in [4.69, 9.17) is 4.74 Å². The Kier molecular flexibility index (Phi) is 4.69. The number of piperidine rings is 1. The molecular formula is C23H39NO2. The first-order chi connectivity index (χ1) is 12.3. The molecule has 148 valence electrons. The van der Waals surface area contributed by atoms with E-state index in [1.165, 1.54) is 32.1 Å². The highest BCUT2D eigenvalue weighted by Crippen LogP contribution is 2.66. The third kappa shape index (κ3) is 2.52. The first-order valence-corrected chi connectivity index (χ1v) is 11.2. The van der Waals surface area contributed by atoms with Crippen LogP contribution in [0.5, 0.6) is 0 Å². The number of ether oxygens (including phenoxy) is 1. The Morgan fingerprint density at radius 2 is 1.85 bits per heavy atom. The molecule has 1 aliphatic heterocycles. The maximum Gasteiger partial charge on any atom is 0.222 e. The standard InChI is InChI=1S/C23H39NO2/c1-6-13-26-19-8-7-16-21-15(2)14-18-22(3,12-10-20(25)24(18)5)17(21)9-11-23(16,19)4/h15-19,21H,6-14H2,1-5H3/t15?,16-,17+,18?,19?,21-,22+,23-/m0/s1. The van der Waals surface area contributed by atoms with Gasteiger partial charge in [-0.05, 0) is 79.4 Å². The largest absolute Gasteiger partial charge is 0.378 e. The molecule has 3 unspecified atom stereocenters. The molecule has 3 saturated carbocycles. The average molecular weight is 362 g/mol. The maximum atomic E-state index is 12.3. The van der Waals surface area contributed by atoms with Gasteiger partial charge < -0.3 is 9.64 Å². The molecule has 8 atom stereocenters. The molecule has 0 N–H and O–H groups in total. The first-order valence-electron chi connectivity index (χ1n) is 11.2. The minimum absolute atomic E-state index is 0.323. The Morgan fingerprint density at radius 3 is 2.58 bits per heavy atom. The van der Waals surface area contributed by atoms with Gasteiger partial charge in [0.1, 0.15) is 0 Å². The van der Waals surface area contributed by atoms with Crippen molar-refractivity contribution in [1.29, 1.82) is 0 Å². The van der Waals surface area contributed by atoms with Gasteiger partial charge in [0, 0.05) is 26.1 Å². The molecule has 1 amide bonds. The smallest absolute Gasteiger partial charge is 0.222 e. The number of hydrogen-bond acceptors (Lipinski definition) is 2. The summed E-state index contributed by atoms with van der Waals surface area (Å²) in [6.07, 6.45) is 9.93. The molecule has 4 fully saturated rings. The van der Waals surface area contributed by atoms with E-state index in [0.717, 1.165) is 49.5 Å². The van der Waals surface area contributed by atoms with Crippen molar-refractivity contribution in [2.45, 2.75) is 91.2 Å². The number of nitrogens with zero attached hydrogens (tertiary/aromatic N) is 1. The van der Waals surface area contributed by atoms with Gasteiger partial charge in [0.25, 0.3) is 0 Å². The molecule has 0 radical (unpaired) electrons. The van der Waals surface area contributed by atoms with Crippen LogP contribution in [0.3, 0.4) is 0 Å². The minimum atomic E-state index is 0.323. The van der Waals surface area contributed by atoms with Crippen molar-refractivity contribution in [3.63, 3.8) is 0 Å². The fourth-order valence-corrected chi connectivity index (χ4v) is 7.95. The fourth-order valence-electron chi connectivity index (χ4n) is 7.95. The van der Waals surface area contributed by atoms with Gasteiger partial charge >= 0.3 is 0 Å². The summed E-state index contributed by atoms with van der Waals surface area (Å²) in [7, 11) is 2.06. The summed E-state index contributed by atoms with van der Waals surface area (Å²) in [6, 6.07) is 0.456. The van der Waals surface area contributed by atoms with Crippen molar-refractivity contribution in [3.8, 4) is 0 Å². The van der Waals surface area contributed by atoms with Crippen molar-refractivity contribution in [2.75, 3.05) is 13.7 Å². The quantitative estimate of drug-likeness (QED) is 0.716. The van der Waals surface area contributed by atoms with Crippen molar-refractivity contribution in [3.05, 3.63) is 0 Å². The second-order valence-corrected chi connectivity index (χ2v) is 10.5. The molecule has 0 bridgehead atoms. The van der Waals surface area contributed by atoms with Crippen molar-refractivity contribution in [1.82, 2.24) is 4.90 Å². The Balaban J connectivity index is 1.62. The van der Waals surface area contributed by atoms with Crippen LogP contribution in [0.15, 0.2) is 0 Å². The van der Waals surface area contributed by atoms with E-state index in [0.29, 0.717) is 28.9 Å². The molecule has 3 heteroatoms. The summed E-state index contributed by atoms with van der Waals surface area (Å²) >= 11 is 0. The summed E-state index contributed by atoms with van der Waals surface area (Å²) < 4.78 is 6.35. The molecule has 0 aromatic rings. The number of rotatable bonds is 3. The monoisotopic (exact) mass is 361 g/mol. The Labute approximate surface area is 160 Å². The zero-order valence-electron chi connectivity index (χ0n) is 17.6. The molecule has 4 aliphatic rings. The van der Waals surface area contributed by atoms with E-state index >= 15 is 0 Å². The molecule has 3 nitrogen and oxygen atoms in total. The Bertz CT molecular complexity index is 562. The molecule has 1 heterocycles. The Morgan fingerprint density at radius 1 is 1.12 bits per heavy atom. The normalized spacial score (nSPS) is 51.0. The molecule has 0 spiro atoms. The zero-order chi connectivity index (χ0) is 18.7. The van der Waals surface area contributed by atoms with Crippen LogP contribution in [0, 0.1) is 34.5 Å². The van der Waals surface area contributed by atoms with Crippen LogP contribution in [-0.4, -0.2) is 36.6 Å². The summed E-state index contributed by atoms with van der Waals surface area (Å²) in [6.45, 7) is 10.7. The molecular weight excluding hydrogens is 322 g/mol. The molecule has 1 saturated heterocycles. The van der Waals surface area contributed by atoms with Crippen LogP contribution >= 0.6 is 0 Å². The summed E-state index contributed by atoms with van der Waals surface area (Å²) in [5, 5.41) is 0. The van der Waals surface area contributed by atoms with E-state index < -0.39 is 0 Å². The number of carbonyl (C=O) groups is 1. The lowest BCUT2D eigenvalue weighted by atomic mass is 9.45. The van der Waals surface area contributed by atoms with Crippen LogP contribution in [0.4, 0.5) is 0 Å². The highest BCUT2D eigenvalue weighted by Gasteiger charge is 2.63. The van der Waals surface area contributed by atoms with Gasteiger partial charge in [-0.25, -0.2) is 0 Å². The summed E-state index contributed by atoms with van der Waals surface area (Å²) in [4.78, 5) is 14.5. The number of likely N-dealkylation sites (tertiary alicyclic amines) is 1. The predicted molar refractivity (Wildman–Crippen MR) is 105 cm³/mol. The van der Waals surface area contributed by atoms with E-state index in [9.17, 15) is 4.79 Å². The van der Waals surface area contributed by atoms with E-state index in [2.05, 4.69) is 39.6 Å². The van der Waals surface area contributed by atoms with Gasteiger partial charge in [-0.3, -0.25) is 4.79 Å². The number of fused-ring (bicyclic) bond motifs is 5. The molecule has 0 aromatic heterocycles. The number of carbonyl (C=O) groups excluding carboxylic acids is 1. The molecule has 4 rings (SSSR count). The number of hydrogen-bond donors (Lipinski definition) is 0. The van der Waals surface area contributed by atoms with Gasteiger partial charge in [-0.2, -0.15) is 0 Å². The lowest BCUT2D eigenvalue weighted by Crippen LogP contribution is -2.63. The first kappa shape index (κ1) is 18.8. The maximum absolute atomic E-state index is 12.3. The fraction of sp³-hybridized carbons (Fsp3) is 0.957. The third-order valence-electron chi connectivity index (χ3n) is 9.37. The van der Waals surface area contributed by atoms with E-state index in [1.807, 2.05) is 0 Å². The average Bonchev–Trinajstić information content (AvgIpc) is 2.95. The number of amides is 1. The lowest BCUT2D eigenvalue weighted by Gasteiger charge is -2.63. The van der Waals surface area contributed by atoms with Gasteiger partial charge in [-0.1, -0.05) is 27.7 Å². The van der Waals surface area contributed by atoms with Crippen LogP contribution in [0.25, 0.3) is 0 Å². The SMILES string of the molecule is CCCOC1CC[C@H]2[C@@H]3C(C)CC4N(C)C(=O)CC[C@]4(C)[C@@H]3CC[C@]12C. The third-order valence-corrected chi connectivity index (χ3v) is 9.37. The highest BCUT2D eigenvalue weighted by atomic mass is 16.5. The summed E-state index contributed by atoms with van der Waals surface area (Å²) in [5.74, 6) is 3.52. The van der Waals surface area contributed by atoms with E-state index in [1.54, 1.807) is 0 Å². The zero-order valence-corrected chi connectivity index (χ0v) is 17.6. The predicted octanol–water partition coefficient (Wildman–Crippen LogP) is 4.89. The minimum Gasteiger partial charge on any atom is -0.378 e. The molecule has 3 aliphatic carbocycles. The van der Waals surface area contributed by atoms with Crippen molar-refractivity contribution < 1.29 is 9.53 Å². The van der Waals surface area contributed by atoms with Crippen LogP contribution in [0.2, 0.25) is 0 Å². The second-order valence-electron chi connectivity index (χ2n) is 10.5. The summed E-state index contributed by atoms with van der Waals surface area (Å²) in [5.41, 5.74) is 0.702. The topological polar surface area (TPSA) is 29.5 Å². The van der Waals surface area contributed by atoms with Gasteiger partial charge in [-0.15, -0.1) is 0 Å². The van der Waals surface area contributed by atoms with Crippen LogP contribution in [-0.2, 0) is 9.53 Å². The Hall–Kier alpha value is -0.570. The van der Waals surface area contributed by atoms with Crippen LogP contribution < -0.4 is 0 Å².